The fourth-order valence-electron chi connectivity index (χ4n) is 3.33. The molecule has 2 aromatic rings. The molecule has 1 amide bonds. The summed E-state index contributed by atoms with van der Waals surface area (Å²) in [5.74, 6) is -0.278. The number of hydrogen-bond donors (Lipinski definition) is 1. The molecule has 1 fully saturated rings. The Kier molecular flexibility index (Phi) is 5.06. The molecule has 0 unspecified atom stereocenters. The second-order valence-corrected chi connectivity index (χ2v) is 7.22. The summed E-state index contributed by atoms with van der Waals surface area (Å²) in [6.07, 6.45) is 1.35. The molecule has 0 bridgehead atoms. The zero-order valence-electron chi connectivity index (χ0n) is 15.0. The third-order valence-corrected chi connectivity index (χ3v) is 4.72. The van der Waals surface area contributed by atoms with Gasteiger partial charge in [0.2, 0.25) is 0 Å². The van der Waals surface area contributed by atoms with Crippen molar-refractivity contribution in [3.63, 3.8) is 0 Å². The first-order valence-corrected chi connectivity index (χ1v) is 8.90. The van der Waals surface area contributed by atoms with Gasteiger partial charge in [0.05, 0.1) is 5.52 Å². The highest BCUT2D eigenvalue weighted by Crippen LogP contribution is 2.21. The summed E-state index contributed by atoms with van der Waals surface area (Å²) in [6, 6.07) is 7.37. The molecule has 134 valence electrons. The minimum atomic E-state index is -0.784. The number of hydrogen-bond acceptors (Lipinski definition) is 4. The lowest BCUT2D eigenvalue weighted by molar-refractivity contribution is -0.144. The Balaban J connectivity index is 1.77. The maximum atomic E-state index is 12.9. The Hall–Kier alpha value is -2.37. The number of nitrogens with zero attached hydrogens (tertiary/aromatic N) is 2. The monoisotopic (exact) mass is 343 g/mol. The molecule has 0 radical (unpaired) electrons. The second-order valence-electron chi connectivity index (χ2n) is 7.22. The Bertz CT molecular complexity index is 768. The van der Waals surface area contributed by atoms with Gasteiger partial charge in [0, 0.05) is 18.5 Å². The predicted molar refractivity (Wildman–Crippen MR) is 95.1 cm³/mol. The number of ether oxygens (including phenoxy) is 1. The van der Waals surface area contributed by atoms with Crippen molar-refractivity contribution in [2.24, 2.45) is 11.8 Å². The SMILES string of the molecule is CC(C)[C@H](OC(=O)c1n[nH]c2ccccc12)C(=O)N1CCC[C@H](C)C1. The average Bonchev–Trinajstić information content (AvgIpc) is 3.03. The molecule has 3 rings (SSSR count). The maximum absolute atomic E-state index is 12.9. The zero-order valence-corrected chi connectivity index (χ0v) is 15.0. The van der Waals surface area contributed by atoms with Crippen molar-refractivity contribution in [3.8, 4) is 0 Å². The number of likely N-dealkylation sites (tertiary alicyclic amines) is 1. The van der Waals surface area contributed by atoms with Crippen molar-refractivity contribution >= 4 is 22.8 Å². The summed E-state index contributed by atoms with van der Waals surface area (Å²) < 4.78 is 5.60. The molecule has 0 aliphatic carbocycles. The van der Waals surface area contributed by atoms with Gasteiger partial charge in [-0.1, -0.05) is 39.0 Å². The number of amides is 1. The first-order chi connectivity index (χ1) is 12.0. The lowest BCUT2D eigenvalue weighted by Crippen LogP contribution is -2.47. The highest BCUT2D eigenvalue weighted by molar-refractivity contribution is 6.02. The summed E-state index contributed by atoms with van der Waals surface area (Å²) in [5.41, 5.74) is 0.993. The predicted octanol–water partition coefficient (Wildman–Crippen LogP) is 3.00. The van der Waals surface area contributed by atoms with Crippen molar-refractivity contribution in [1.82, 2.24) is 15.1 Å². The number of H-pyrrole nitrogens is 1. The molecule has 6 nitrogen and oxygen atoms in total. The molecule has 25 heavy (non-hydrogen) atoms. The van der Waals surface area contributed by atoms with E-state index in [2.05, 4.69) is 17.1 Å². The van der Waals surface area contributed by atoms with E-state index in [9.17, 15) is 9.59 Å². The number of carbonyl (C=O) groups excluding carboxylic acids is 2. The number of aromatic amines is 1. The van der Waals surface area contributed by atoms with E-state index >= 15 is 0 Å². The molecular formula is C19H25N3O3. The summed E-state index contributed by atoms with van der Waals surface area (Å²) in [4.78, 5) is 27.3. The number of carbonyl (C=O) groups is 2. The fourth-order valence-corrected chi connectivity index (χ4v) is 3.33. The molecule has 1 aliphatic rings. The van der Waals surface area contributed by atoms with Crippen LogP contribution in [-0.4, -0.2) is 46.2 Å². The van der Waals surface area contributed by atoms with Gasteiger partial charge < -0.3 is 9.64 Å². The molecule has 1 aliphatic heterocycles. The summed E-state index contributed by atoms with van der Waals surface area (Å²) >= 11 is 0. The minimum Gasteiger partial charge on any atom is -0.447 e. The third-order valence-electron chi connectivity index (χ3n) is 4.72. The molecule has 6 heteroatoms. The quantitative estimate of drug-likeness (QED) is 0.866. The van der Waals surface area contributed by atoms with E-state index in [1.807, 2.05) is 43.0 Å². The van der Waals surface area contributed by atoms with Gasteiger partial charge in [0.15, 0.2) is 11.8 Å². The van der Waals surface area contributed by atoms with Crippen LogP contribution in [0.15, 0.2) is 24.3 Å². The van der Waals surface area contributed by atoms with Crippen LogP contribution in [0, 0.1) is 11.8 Å². The van der Waals surface area contributed by atoms with E-state index in [0.29, 0.717) is 11.3 Å². The van der Waals surface area contributed by atoms with Gasteiger partial charge in [-0.15, -0.1) is 0 Å². The molecule has 2 heterocycles. The molecule has 1 aromatic carbocycles. The van der Waals surface area contributed by atoms with Gasteiger partial charge in [-0.25, -0.2) is 4.79 Å². The van der Waals surface area contributed by atoms with Gasteiger partial charge in [-0.05, 0) is 30.7 Å². The van der Waals surface area contributed by atoms with Crippen LogP contribution in [0.3, 0.4) is 0 Å². The molecule has 1 N–H and O–H groups in total. The van der Waals surface area contributed by atoms with Crippen molar-refractivity contribution in [2.45, 2.75) is 39.7 Å². The molecule has 0 spiro atoms. The highest BCUT2D eigenvalue weighted by Gasteiger charge is 2.33. The van der Waals surface area contributed by atoms with Gasteiger partial charge in [-0.2, -0.15) is 5.10 Å². The van der Waals surface area contributed by atoms with E-state index < -0.39 is 12.1 Å². The number of nitrogens with one attached hydrogen (secondary N) is 1. The smallest absolute Gasteiger partial charge is 0.360 e. The summed E-state index contributed by atoms with van der Waals surface area (Å²) in [6.45, 7) is 7.39. The first-order valence-electron chi connectivity index (χ1n) is 8.90. The minimum absolute atomic E-state index is 0.0983. The Labute approximate surface area is 147 Å². The Morgan fingerprint density at radius 1 is 1.32 bits per heavy atom. The number of benzene rings is 1. The zero-order chi connectivity index (χ0) is 18.0. The van der Waals surface area contributed by atoms with Crippen molar-refractivity contribution in [1.29, 1.82) is 0 Å². The summed E-state index contributed by atoms with van der Waals surface area (Å²) in [7, 11) is 0. The van der Waals surface area contributed by atoms with E-state index in [4.69, 9.17) is 4.74 Å². The van der Waals surface area contributed by atoms with Gasteiger partial charge in [-0.3, -0.25) is 9.89 Å². The van der Waals surface area contributed by atoms with Crippen LogP contribution in [-0.2, 0) is 9.53 Å². The third kappa shape index (κ3) is 3.67. The number of fused-ring (bicyclic) bond motifs is 1. The van der Waals surface area contributed by atoms with E-state index in [1.54, 1.807) is 0 Å². The molecule has 0 saturated carbocycles. The number of piperidine rings is 1. The van der Waals surface area contributed by atoms with Crippen LogP contribution >= 0.6 is 0 Å². The van der Waals surface area contributed by atoms with Gasteiger partial charge in [0.1, 0.15) is 0 Å². The van der Waals surface area contributed by atoms with E-state index in [0.717, 1.165) is 31.4 Å². The average molecular weight is 343 g/mol. The van der Waals surface area contributed by atoms with Crippen LogP contribution in [0.5, 0.6) is 0 Å². The number of aromatic nitrogens is 2. The van der Waals surface area contributed by atoms with E-state index in [-0.39, 0.29) is 17.5 Å². The maximum Gasteiger partial charge on any atom is 0.360 e. The van der Waals surface area contributed by atoms with E-state index in [1.165, 1.54) is 0 Å². The van der Waals surface area contributed by atoms with Crippen molar-refractivity contribution in [2.75, 3.05) is 13.1 Å². The Morgan fingerprint density at radius 3 is 2.80 bits per heavy atom. The highest BCUT2D eigenvalue weighted by atomic mass is 16.5. The molecular weight excluding hydrogens is 318 g/mol. The second kappa shape index (κ2) is 7.25. The largest absolute Gasteiger partial charge is 0.447 e. The van der Waals surface area contributed by atoms with Crippen LogP contribution in [0.2, 0.25) is 0 Å². The number of para-hydroxylation sites is 1. The molecule has 1 aromatic heterocycles. The molecule has 1 saturated heterocycles. The van der Waals surface area contributed by atoms with Crippen LogP contribution in [0.25, 0.3) is 10.9 Å². The number of rotatable bonds is 4. The summed E-state index contributed by atoms with van der Waals surface area (Å²) in [5, 5.41) is 7.59. The standard InChI is InChI=1S/C19H25N3O3/c1-12(2)17(18(23)22-10-6-7-13(3)11-22)25-19(24)16-14-8-4-5-9-15(14)20-21-16/h4-5,8-9,12-13,17H,6-7,10-11H2,1-3H3,(H,20,21)/t13-,17-/m0/s1. The fraction of sp³-hybridized carbons (Fsp3) is 0.526. The normalized spacial score (nSPS) is 19.2. The van der Waals surface area contributed by atoms with Crippen LogP contribution in [0.1, 0.15) is 44.1 Å². The van der Waals surface area contributed by atoms with Gasteiger partial charge >= 0.3 is 5.97 Å². The van der Waals surface area contributed by atoms with Crippen molar-refractivity contribution in [3.05, 3.63) is 30.0 Å². The molecule has 2 atom stereocenters. The lowest BCUT2D eigenvalue weighted by Gasteiger charge is -2.34. The van der Waals surface area contributed by atoms with Crippen LogP contribution in [0.4, 0.5) is 0 Å². The number of esters is 1. The lowest BCUT2D eigenvalue weighted by atomic mass is 9.98. The first kappa shape index (κ1) is 17.5. The topological polar surface area (TPSA) is 75.3 Å². The van der Waals surface area contributed by atoms with Gasteiger partial charge in [0.25, 0.3) is 5.91 Å². The van der Waals surface area contributed by atoms with Crippen LogP contribution < -0.4 is 0 Å². The van der Waals surface area contributed by atoms with Crippen molar-refractivity contribution < 1.29 is 14.3 Å². The Morgan fingerprint density at radius 2 is 2.08 bits per heavy atom.